The third-order valence-corrected chi connectivity index (χ3v) is 4.65. The van der Waals surface area contributed by atoms with Crippen LogP contribution < -0.4 is 4.90 Å². The molecule has 0 aliphatic heterocycles. The van der Waals surface area contributed by atoms with Gasteiger partial charge in [0, 0.05) is 30.7 Å². The Bertz CT molecular complexity index is 635. The average molecular weight is 371 g/mol. The summed E-state index contributed by atoms with van der Waals surface area (Å²) in [4.78, 5) is 1.60. The molecule has 2 rings (SSSR count). The Kier molecular flexibility index (Phi) is 5.05. The lowest BCUT2D eigenvalue weighted by Gasteiger charge is -2.26. The standard InChI is InChI=1S/C15H13Cl3F3N/c1-22(2)10-6-8(5-9(7-10)15(19,20)21)13-11(16)3-4-12(17)14(13)18/h3-7,11,13H,1-2H3. The van der Waals surface area contributed by atoms with Gasteiger partial charge in [-0.2, -0.15) is 13.2 Å². The van der Waals surface area contributed by atoms with Gasteiger partial charge in [0.2, 0.25) is 0 Å². The van der Waals surface area contributed by atoms with Crippen molar-refractivity contribution in [3.8, 4) is 0 Å². The quantitative estimate of drug-likeness (QED) is 0.602. The van der Waals surface area contributed by atoms with Gasteiger partial charge in [0.05, 0.1) is 16.0 Å². The van der Waals surface area contributed by atoms with Crippen LogP contribution in [-0.2, 0) is 6.18 Å². The Morgan fingerprint density at radius 2 is 1.73 bits per heavy atom. The van der Waals surface area contributed by atoms with E-state index in [2.05, 4.69) is 0 Å². The van der Waals surface area contributed by atoms with Gasteiger partial charge in [-0.15, -0.1) is 11.6 Å². The summed E-state index contributed by atoms with van der Waals surface area (Å²) in [5.41, 5.74) is 0.0579. The number of allylic oxidation sites excluding steroid dienone is 4. The predicted molar refractivity (Wildman–Crippen MR) is 86.0 cm³/mol. The molecule has 2 unspecified atom stereocenters. The second-order valence-electron chi connectivity index (χ2n) is 5.18. The molecule has 0 saturated heterocycles. The van der Waals surface area contributed by atoms with Crippen molar-refractivity contribution >= 4 is 40.5 Å². The van der Waals surface area contributed by atoms with Crippen LogP contribution in [0.3, 0.4) is 0 Å². The molecule has 1 aromatic rings. The second kappa shape index (κ2) is 6.34. The van der Waals surface area contributed by atoms with Crippen molar-refractivity contribution in [2.24, 2.45) is 0 Å². The smallest absolute Gasteiger partial charge is 0.378 e. The molecule has 0 radical (unpaired) electrons. The van der Waals surface area contributed by atoms with Gasteiger partial charge in [0.1, 0.15) is 0 Å². The normalized spacial score (nSPS) is 22.2. The molecule has 0 fully saturated rings. The van der Waals surface area contributed by atoms with Crippen LogP contribution in [0.4, 0.5) is 18.9 Å². The molecular formula is C15H13Cl3F3N. The van der Waals surface area contributed by atoms with Crippen LogP contribution in [0, 0.1) is 0 Å². The van der Waals surface area contributed by atoms with E-state index in [1.807, 2.05) is 0 Å². The van der Waals surface area contributed by atoms with Crippen molar-refractivity contribution in [3.05, 3.63) is 51.5 Å². The van der Waals surface area contributed by atoms with Crippen LogP contribution in [0.5, 0.6) is 0 Å². The maximum absolute atomic E-state index is 13.1. The lowest BCUT2D eigenvalue weighted by Crippen LogP contribution is -2.18. The molecule has 7 heteroatoms. The number of rotatable bonds is 2. The first-order valence-electron chi connectivity index (χ1n) is 6.38. The summed E-state index contributed by atoms with van der Waals surface area (Å²) in [5.74, 6) is -0.609. The third-order valence-electron chi connectivity index (χ3n) is 3.39. The number of anilines is 1. The number of benzene rings is 1. The molecule has 0 saturated carbocycles. The highest BCUT2D eigenvalue weighted by Crippen LogP contribution is 2.43. The summed E-state index contributed by atoms with van der Waals surface area (Å²) in [6.45, 7) is 0. The summed E-state index contributed by atoms with van der Waals surface area (Å²) >= 11 is 18.4. The highest BCUT2D eigenvalue weighted by atomic mass is 35.5. The Morgan fingerprint density at radius 3 is 2.27 bits per heavy atom. The van der Waals surface area contributed by atoms with E-state index in [4.69, 9.17) is 34.8 Å². The first-order valence-corrected chi connectivity index (χ1v) is 7.57. The van der Waals surface area contributed by atoms with Crippen LogP contribution in [0.1, 0.15) is 17.0 Å². The fourth-order valence-corrected chi connectivity index (χ4v) is 3.15. The molecule has 0 amide bonds. The van der Waals surface area contributed by atoms with Gasteiger partial charge in [0.15, 0.2) is 0 Å². The minimum Gasteiger partial charge on any atom is -0.378 e. The lowest BCUT2D eigenvalue weighted by atomic mass is 9.90. The molecule has 120 valence electrons. The summed E-state index contributed by atoms with van der Waals surface area (Å²) in [6, 6.07) is 3.80. The fraction of sp³-hybridized carbons (Fsp3) is 0.333. The number of hydrogen-bond donors (Lipinski definition) is 0. The second-order valence-corrected chi connectivity index (χ2v) is 6.50. The SMILES string of the molecule is CN(C)c1cc(C2C(Cl)=C(Cl)C=CC2Cl)cc(C(F)(F)F)c1. The van der Waals surface area contributed by atoms with E-state index in [9.17, 15) is 13.2 Å². The largest absolute Gasteiger partial charge is 0.416 e. The van der Waals surface area contributed by atoms with Gasteiger partial charge in [-0.05, 0) is 29.8 Å². The van der Waals surface area contributed by atoms with Crippen LogP contribution in [0.25, 0.3) is 0 Å². The maximum atomic E-state index is 13.1. The molecule has 0 heterocycles. The van der Waals surface area contributed by atoms with Gasteiger partial charge in [-0.25, -0.2) is 0 Å². The Balaban J connectivity index is 2.60. The molecule has 1 aliphatic carbocycles. The summed E-state index contributed by atoms with van der Waals surface area (Å²) in [5, 5.41) is -0.0333. The highest BCUT2D eigenvalue weighted by Gasteiger charge is 2.34. The van der Waals surface area contributed by atoms with Gasteiger partial charge < -0.3 is 4.90 Å². The van der Waals surface area contributed by atoms with Crippen molar-refractivity contribution in [2.45, 2.75) is 17.5 Å². The predicted octanol–water partition coefficient (Wildman–Crippen LogP) is 5.72. The Hall–Kier alpha value is -0.840. The van der Waals surface area contributed by atoms with E-state index in [0.717, 1.165) is 12.1 Å². The van der Waals surface area contributed by atoms with Crippen LogP contribution in [0.15, 0.2) is 40.4 Å². The van der Waals surface area contributed by atoms with Crippen molar-refractivity contribution in [3.63, 3.8) is 0 Å². The van der Waals surface area contributed by atoms with E-state index in [-0.39, 0.29) is 10.1 Å². The van der Waals surface area contributed by atoms with E-state index in [1.165, 1.54) is 0 Å². The zero-order valence-corrected chi connectivity index (χ0v) is 14.0. The first kappa shape index (κ1) is 17.5. The molecule has 22 heavy (non-hydrogen) atoms. The van der Waals surface area contributed by atoms with E-state index >= 15 is 0 Å². The van der Waals surface area contributed by atoms with Crippen LogP contribution >= 0.6 is 34.8 Å². The fourth-order valence-electron chi connectivity index (χ4n) is 2.22. The summed E-state index contributed by atoms with van der Waals surface area (Å²) in [6.07, 6.45) is -1.28. The Labute approximate surface area is 141 Å². The van der Waals surface area contributed by atoms with E-state index in [1.54, 1.807) is 37.2 Å². The van der Waals surface area contributed by atoms with Gasteiger partial charge >= 0.3 is 6.18 Å². The number of halogens is 6. The molecule has 1 nitrogen and oxygen atoms in total. The van der Waals surface area contributed by atoms with Crippen molar-refractivity contribution in [1.29, 1.82) is 0 Å². The molecule has 1 aromatic carbocycles. The average Bonchev–Trinajstić information content (AvgIpc) is 2.42. The number of hydrogen-bond acceptors (Lipinski definition) is 1. The molecule has 1 aliphatic rings. The van der Waals surface area contributed by atoms with Crippen molar-refractivity contribution in [1.82, 2.24) is 0 Å². The number of nitrogens with zero attached hydrogens (tertiary/aromatic N) is 1. The van der Waals surface area contributed by atoms with Crippen molar-refractivity contribution in [2.75, 3.05) is 19.0 Å². The topological polar surface area (TPSA) is 3.24 Å². The zero-order valence-electron chi connectivity index (χ0n) is 11.8. The van der Waals surface area contributed by atoms with E-state index in [0.29, 0.717) is 11.3 Å². The first-order chi connectivity index (χ1) is 10.1. The molecule has 0 aromatic heterocycles. The highest BCUT2D eigenvalue weighted by molar-refractivity contribution is 6.41. The summed E-state index contributed by atoms with van der Waals surface area (Å²) in [7, 11) is 3.34. The molecule has 0 spiro atoms. The zero-order chi connectivity index (χ0) is 16.7. The van der Waals surface area contributed by atoms with Crippen molar-refractivity contribution < 1.29 is 13.2 Å². The Morgan fingerprint density at radius 1 is 1.09 bits per heavy atom. The molecule has 2 atom stereocenters. The van der Waals surface area contributed by atoms with Gasteiger partial charge in [-0.3, -0.25) is 0 Å². The summed E-state index contributed by atoms with van der Waals surface area (Å²) < 4.78 is 39.3. The van der Waals surface area contributed by atoms with E-state index < -0.39 is 23.0 Å². The van der Waals surface area contributed by atoms with Crippen LogP contribution in [0.2, 0.25) is 0 Å². The minimum atomic E-state index is -4.45. The maximum Gasteiger partial charge on any atom is 0.416 e. The molecular weight excluding hydrogens is 358 g/mol. The minimum absolute atomic E-state index is 0.244. The lowest BCUT2D eigenvalue weighted by molar-refractivity contribution is -0.137. The third kappa shape index (κ3) is 3.55. The molecule has 0 bridgehead atoms. The number of alkyl halides is 4. The molecule has 0 N–H and O–H groups in total. The van der Waals surface area contributed by atoms with Gasteiger partial charge in [-0.1, -0.05) is 29.3 Å². The van der Waals surface area contributed by atoms with Gasteiger partial charge in [0.25, 0.3) is 0 Å². The monoisotopic (exact) mass is 369 g/mol. The van der Waals surface area contributed by atoms with Crippen LogP contribution in [-0.4, -0.2) is 19.5 Å².